The van der Waals surface area contributed by atoms with E-state index in [0.717, 1.165) is 11.7 Å². The quantitative estimate of drug-likeness (QED) is 0.595. The number of allylic oxidation sites excluding steroid dienone is 1. The molecule has 0 spiro atoms. The summed E-state index contributed by atoms with van der Waals surface area (Å²) in [7, 11) is 0. The van der Waals surface area contributed by atoms with Gasteiger partial charge in [0.1, 0.15) is 11.5 Å². The van der Waals surface area contributed by atoms with Crippen LogP contribution in [-0.4, -0.2) is 0 Å². The molecule has 0 unspecified atom stereocenters. The summed E-state index contributed by atoms with van der Waals surface area (Å²) in [5, 5.41) is 0. The first kappa shape index (κ1) is 20.7. The van der Waals surface area contributed by atoms with E-state index in [-0.39, 0.29) is 0 Å². The van der Waals surface area contributed by atoms with Crippen molar-refractivity contribution >= 4 is 11.4 Å². The molecule has 27 heavy (non-hydrogen) atoms. The number of benzene rings is 2. The van der Waals surface area contributed by atoms with Gasteiger partial charge in [-0.3, -0.25) is 0 Å². The number of ether oxygens (including phenoxy) is 1. The second-order valence-electron chi connectivity index (χ2n) is 7.44. The summed E-state index contributed by atoms with van der Waals surface area (Å²) in [6, 6.07) is 13.8. The lowest BCUT2D eigenvalue weighted by Gasteiger charge is -2.28. The van der Waals surface area contributed by atoms with Crippen molar-refractivity contribution in [2.45, 2.75) is 51.9 Å². The molecule has 1 fully saturated rings. The zero-order chi connectivity index (χ0) is 19.8. The third-order valence-corrected chi connectivity index (χ3v) is 5.04. The van der Waals surface area contributed by atoms with Crippen LogP contribution < -0.4 is 21.9 Å². The van der Waals surface area contributed by atoms with Crippen LogP contribution in [0, 0.1) is 5.92 Å². The maximum absolute atomic E-state index is 5.94. The van der Waals surface area contributed by atoms with Crippen molar-refractivity contribution in [2.75, 3.05) is 11.5 Å². The lowest BCUT2D eigenvalue weighted by molar-refractivity contribution is 0.318. The highest BCUT2D eigenvalue weighted by molar-refractivity contribution is 5.61. The van der Waals surface area contributed by atoms with E-state index in [1.165, 1.54) is 37.7 Å². The van der Waals surface area contributed by atoms with Gasteiger partial charge in [0.25, 0.3) is 0 Å². The van der Waals surface area contributed by atoms with Crippen molar-refractivity contribution < 1.29 is 4.74 Å². The molecule has 6 N–H and O–H groups in total. The van der Waals surface area contributed by atoms with Crippen LogP contribution in [0.3, 0.4) is 0 Å². The Morgan fingerprint density at radius 1 is 1.04 bits per heavy atom. The van der Waals surface area contributed by atoms with Gasteiger partial charge >= 0.3 is 0 Å². The number of nitrogen functional groups attached to an aromatic ring is 2. The number of hydrogen-bond acceptors (Lipinski definition) is 4. The second kappa shape index (κ2) is 9.91. The molecular weight excluding hydrogens is 334 g/mol. The molecule has 0 heterocycles. The predicted molar refractivity (Wildman–Crippen MR) is 116 cm³/mol. The summed E-state index contributed by atoms with van der Waals surface area (Å²) in [6.07, 6.45) is 6.67. The highest BCUT2D eigenvalue weighted by Crippen LogP contribution is 2.38. The molecule has 0 radical (unpaired) electrons. The maximum atomic E-state index is 5.94. The Kier molecular flexibility index (Phi) is 7.59. The standard InChI is InChI=1S/C20H26N2O.C3H7N/c1-2-14-3-5-15(6-4-14)16-7-10-18(11-8-16)23-20-12-9-17(21)13-19(20)22;1-3(2)4/h7-15H,2-6,21-22H2,1H3;1,4H2,2H3. The fraction of sp³-hybridized carbons (Fsp3) is 0.391. The number of rotatable bonds is 4. The smallest absolute Gasteiger partial charge is 0.150 e. The molecule has 0 atom stereocenters. The summed E-state index contributed by atoms with van der Waals surface area (Å²) in [5.74, 6) is 3.10. The molecule has 4 nitrogen and oxygen atoms in total. The van der Waals surface area contributed by atoms with Crippen LogP contribution in [0.4, 0.5) is 11.4 Å². The first-order chi connectivity index (χ1) is 12.9. The zero-order valence-corrected chi connectivity index (χ0v) is 16.6. The molecule has 3 rings (SSSR count). The minimum atomic E-state index is 0.562. The van der Waals surface area contributed by atoms with E-state index >= 15 is 0 Å². The van der Waals surface area contributed by atoms with Crippen molar-refractivity contribution in [2.24, 2.45) is 11.7 Å². The zero-order valence-electron chi connectivity index (χ0n) is 16.6. The Hall–Kier alpha value is -2.62. The molecule has 0 aliphatic heterocycles. The topological polar surface area (TPSA) is 87.3 Å². The minimum absolute atomic E-state index is 0.562. The van der Waals surface area contributed by atoms with Gasteiger partial charge in [0.15, 0.2) is 0 Å². The van der Waals surface area contributed by atoms with Crippen LogP contribution in [0.2, 0.25) is 0 Å². The Balaban J connectivity index is 0.000000596. The predicted octanol–water partition coefficient (Wildman–Crippen LogP) is 5.81. The van der Waals surface area contributed by atoms with Gasteiger partial charge in [0.2, 0.25) is 0 Å². The number of anilines is 2. The third-order valence-electron chi connectivity index (χ3n) is 5.04. The summed E-state index contributed by atoms with van der Waals surface area (Å²) < 4.78 is 5.86. The van der Waals surface area contributed by atoms with Crippen molar-refractivity contribution in [1.82, 2.24) is 0 Å². The van der Waals surface area contributed by atoms with Crippen LogP contribution in [-0.2, 0) is 0 Å². The van der Waals surface area contributed by atoms with Crippen molar-refractivity contribution in [3.05, 3.63) is 60.3 Å². The molecule has 0 aromatic heterocycles. The SMILES string of the molecule is C=C(C)N.CCC1CCC(c2ccc(Oc3ccc(N)cc3N)cc2)CC1. The highest BCUT2D eigenvalue weighted by atomic mass is 16.5. The molecule has 2 aromatic rings. The van der Waals surface area contributed by atoms with Crippen LogP contribution in [0.5, 0.6) is 11.5 Å². The summed E-state index contributed by atoms with van der Waals surface area (Å²) in [6.45, 7) is 7.39. The second-order valence-corrected chi connectivity index (χ2v) is 7.44. The molecule has 0 saturated heterocycles. The Labute approximate surface area is 163 Å². The Morgan fingerprint density at radius 3 is 2.15 bits per heavy atom. The van der Waals surface area contributed by atoms with E-state index in [9.17, 15) is 0 Å². The average Bonchev–Trinajstić information content (AvgIpc) is 2.64. The van der Waals surface area contributed by atoms with Gasteiger partial charge in [-0.1, -0.05) is 32.1 Å². The number of hydrogen-bond donors (Lipinski definition) is 3. The van der Waals surface area contributed by atoms with Crippen molar-refractivity contribution in [3.63, 3.8) is 0 Å². The van der Waals surface area contributed by atoms with Gasteiger partial charge in [-0.05, 0) is 86.0 Å². The van der Waals surface area contributed by atoms with Crippen LogP contribution in [0.25, 0.3) is 0 Å². The Bertz CT molecular complexity index is 728. The molecule has 2 aromatic carbocycles. The first-order valence-electron chi connectivity index (χ1n) is 9.72. The third kappa shape index (κ3) is 6.55. The van der Waals surface area contributed by atoms with Gasteiger partial charge in [-0.25, -0.2) is 0 Å². The van der Waals surface area contributed by atoms with Gasteiger partial charge in [-0.2, -0.15) is 0 Å². The minimum Gasteiger partial charge on any atom is -0.455 e. The molecular formula is C23H33N3O. The van der Waals surface area contributed by atoms with Crippen LogP contribution >= 0.6 is 0 Å². The number of nitrogens with two attached hydrogens (primary N) is 3. The summed E-state index contributed by atoms with van der Waals surface area (Å²) >= 11 is 0. The van der Waals surface area contributed by atoms with E-state index in [1.54, 1.807) is 19.1 Å². The fourth-order valence-corrected chi connectivity index (χ4v) is 3.50. The molecule has 0 bridgehead atoms. The van der Waals surface area contributed by atoms with E-state index in [0.29, 0.717) is 28.7 Å². The average molecular weight is 368 g/mol. The lowest BCUT2D eigenvalue weighted by atomic mass is 9.78. The molecule has 146 valence electrons. The van der Waals surface area contributed by atoms with Crippen LogP contribution in [0.1, 0.15) is 57.4 Å². The van der Waals surface area contributed by atoms with Gasteiger partial charge in [-0.15, -0.1) is 0 Å². The van der Waals surface area contributed by atoms with Crippen LogP contribution in [0.15, 0.2) is 54.7 Å². The lowest BCUT2D eigenvalue weighted by Crippen LogP contribution is -2.12. The maximum Gasteiger partial charge on any atom is 0.150 e. The largest absolute Gasteiger partial charge is 0.455 e. The molecule has 1 saturated carbocycles. The van der Waals surface area contributed by atoms with Gasteiger partial charge in [0.05, 0.1) is 5.69 Å². The fourth-order valence-electron chi connectivity index (χ4n) is 3.50. The van der Waals surface area contributed by atoms with Gasteiger partial charge in [0, 0.05) is 5.69 Å². The summed E-state index contributed by atoms with van der Waals surface area (Å²) in [4.78, 5) is 0. The van der Waals surface area contributed by atoms with Gasteiger partial charge < -0.3 is 21.9 Å². The van der Waals surface area contributed by atoms with E-state index in [4.69, 9.17) is 21.9 Å². The summed E-state index contributed by atoms with van der Waals surface area (Å²) in [5.41, 5.74) is 19.9. The van der Waals surface area contributed by atoms with E-state index < -0.39 is 0 Å². The normalized spacial score (nSPS) is 18.9. The monoisotopic (exact) mass is 367 g/mol. The molecule has 4 heteroatoms. The molecule has 0 amide bonds. The van der Waals surface area contributed by atoms with Crippen molar-refractivity contribution in [3.8, 4) is 11.5 Å². The Morgan fingerprint density at radius 2 is 1.63 bits per heavy atom. The first-order valence-corrected chi connectivity index (χ1v) is 9.72. The highest BCUT2D eigenvalue weighted by Gasteiger charge is 2.21. The molecule has 1 aliphatic carbocycles. The van der Waals surface area contributed by atoms with E-state index in [1.807, 2.05) is 18.2 Å². The van der Waals surface area contributed by atoms with E-state index in [2.05, 4.69) is 25.6 Å². The molecule has 1 aliphatic rings. The van der Waals surface area contributed by atoms with Crippen molar-refractivity contribution in [1.29, 1.82) is 0 Å².